The molecular weight excluding hydrogens is 298 g/mol. The van der Waals surface area contributed by atoms with Gasteiger partial charge in [0.15, 0.2) is 5.75 Å². The average molecular weight is 321 g/mol. The van der Waals surface area contributed by atoms with E-state index in [1.165, 1.54) is 25.3 Å². The Hall–Kier alpha value is -2.15. The van der Waals surface area contributed by atoms with Crippen molar-refractivity contribution in [2.24, 2.45) is 0 Å². The molecule has 0 bridgehead atoms. The van der Waals surface area contributed by atoms with Crippen molar-refractivity contribution in [1.82, 2.24) is 10.2 Å². The number of benzene rings is 1. The van der Waals surface area contributed by atoms with Crippen molar-refractivity contribution >= 4 is 11.6 Å². The standard InChI is InChI=1S/C16H23N3O4/c1-3-10-18(13-6-8-17-9-7-13)16(20)12-4-5-14(19(21)22)15(11-12)23-2/h4-5,11,13,17H,3,6-10H2,1-2H3. The SMILES string of the molecule is CCCN(C(=O)c1ccc([N+](=O)[O-])c(OC)c1)C1CCNCC1. The molecule has 0 spiro atoms. The van der Waals surface area contributed by atoms with Crippen LogP contribution in [0.1, 0.15) is 36.5 Å². The zero-order valence-corrected chi connectivity index (χ0v) is 13.6. The normalized spacial score (nSPS) is 15.2. The summed E-state index contributed by atoms with van der Waals surface area (Å²) in [5.41, 5.74) is 0.299. The predicted octanol–water partition coefficient (Wildman–Crippen LogP) is 2.21. The molecule has 126 valence electrons. The van der Waals surface area contributed by atoms with Gasteiger partial charge < -0.3 is 15.0 Å². The van der Waals surface area contributed by atoms with E-state index in [-0.39, 0.29) is 23.4 Å². The van der Waals surface area contributed by atoms with E-state index in [0.717, 1.165) is 32.4 Å². The number of nitrogens with zero attached hydrogens (tertiary/aromatic N) is 2. The fourth-order valence-corrected chi connectivity index (χ4v) is 2.94. The molecule has 0 radical (unpaired) electrons. The van der Waals surface area contributed by atoms with Gasteiger partial charge in [-0.1, -0.05) is 6.92 Å². The molecule has 0 atom stereocenters. The summed E-state index contributed by atoms with van der Waals surface area (Å²) in [5, 5.41) is 14.3. The van der Waals surface area contributed by atoms with E-state index in [0.29, 0.717) is 12.1 Å². The third-order valence-corrected chi connectivity index (χ3v) is 4.10. The summed E-state index contributed by atoms with van der Waals surface area (Å²) < 4.78 is 5.06. The van der Waals surface area contributed by atoms with Gasteiger partial charge in [-0.25, -0.2) is 0 Å². The van der Waals surface area contributed by atoms with Gasteiger partial charge in [0.2, 0.25) is 0 Å². The Morgan fingerprint density at radius 3 is 2.70 bits per heavy atom. The molecule has 0 unspecified atom stereocenters. The minimum absolute atomic E-state index is 0.0908. The van der Waals surface area contributed by atoms with Gasteiger partial charge in [0.1, 0.15) is 0 Å². The van der Waals surface area contributed by atoms with Crippen molar-refractivity contribution in [2.75, 3.05) is 26.7 Å². The number of hydrogen-bond donors (Lipinski definition) is 1. The fraction of sp³-hybridized carbons (Fsp3) is 0.562. The number of methoxy groups -OCH3 is 1. The number of nitro groups is 1. The van der Waals surface area contributed by atoms with Gasteiger partial charge in [-0.2, -0.15) is 0 Å². The molecule has 0 aromatic heterocycles. The molecule has 7 heteroatoms. The van der Waals surface area contributed by atoms with Crippen LogP contribution in [-0.2, 0) is 0 Å². The van der Waals surface area contributed by atoms with Gasteiger partial charge in [0.25, 0.3) is 5.91 Å². The van der Waals surface area contributed by atoms with Gasteiger partial charge in [-0.3, -0.25) is 14.9 Å². The summed E-state index contributed by atoms with van der Waals surface area (Å²) in [6, 6.07) is 4.51. The van der Waals surface area contributed by atoms with Crippen molar-refractivity contribution in [3.8, 4) is 5.75 Å². The smallest absolute Gasteiger partial charge is 0.310 e. The molecule has 1 aliphatic rings. The van der Waals surface area contributed by atoms with Crippen LogP contribution in [-0.4, -0.2) is 48.5 Å². The number of rotatable bonds is 6. The quantitative estimate of drug-likeness (QED) is 0.641. The summed E-state index contributed by atoms with van der Waals surface area (Å²) in [7, 11) is 1.37. The maximum Gasteiger partial charge on any atom is 0.310 e. The molecule has 1 aromatic rings. The number of piperidine rings is 1. The number of carbonyl (C=O) groups excluding carboxylic acids is 1. The summed E-state index contributed by atoms with van der Waals surface area (Å²) in [4.78, 5) is 25.2. The Morgan fingerprint density at radius 2 is 2.13 bits per heavy atom. The lowest BCUT2D eigenvalue weighted by atomic mass is 10.0. The predicted molar refractivity (Wildman–Crippen MR) is 86.9 cm³/mol. The second-order valence-electron chi connectivity index (χ2n) is 5.62. The third-order valence-electron chi connectivity index (χ3n) is 4.10. The van der Waals surface area contributed by atoms with Crippen molar-refractivity contribution in [3.63, 3.8) is 0 Å². The molecule has 1 aromatic carbocycles. The lowest BCUT2D eigenvalue weighted by Gasteiger charge is -2.34. The molecule has 1 amide bonds. The second kappa shape index (κ2) is 7.92. The average Bonchev–Trinajstić information content (AvgIpc) is 2.59. The van der Waals surface area contributed by atoms with E-state index >= 15 is 0 Å². The Labute approximate surface area is 135 Å². The van der Waals surface area contributed by atoms with Gasteiger partial charge in [0.05, 0.1) is 12.0 Å². The van der Waals surface area contributed by atoms with Crippen LogP contribution < -0.4 is 10.1 Å². The van der Waals surface area contributed by atoms with Crippen molar-refractivity contribution < 1.29 is 14.5 Å². The van der Waals surface area contributed by atoms with E-state index in [1.54, 1.807) is 0 Å². The van der Waals surface area contributed by atoms with Crippen LogP contribution in [0.5, 0.6) is 5.75 Å². The topological polar surface area (TPSA) is 84.7 Å². The van der Waals surface area contributed by atoms with Gasteiger partial charge >= 0.3 is 5.69 Å². The number of ether oxygens (including phenoxy) is 1. The first-order valence-corrected chi connectivity index (χ1v) is 7.92. The number of nitrogens with one attached hydrogen (secondary N) is 1. The van der Waals surface area contributed by atoms with Crippen LogP contribution in [0.15, 0.2) is 18.2 Å². The molecule has 2 rings (SSSR count). The van der Waals surface area contributed by atoms with Crippen molar-refractivity contribution in [3.05, 3.63) is 33.9 Å². The van der Waals surface area contributed by atoms with Crippen LogP contribution in [0.2, 0.25) is 0 Å². The van der Waals surface area contributed by atoms with Crippen LogP contribution in [0, 0.1) is 10.1 Å². The summed E-state index contributed by atoms with van der Waals surface area (Å²) in [6.45, 7) is 4.53. The summed E-state index contributed by atoms with van der Waals surface area (Å²) in [5.74, 6) is 0.0227. The number of nitro benzene ring substituents is 1. The zero-order valence-electron chi connectivity index (χ0n) is 13.6. The Morgan fingerprint density at radius 1 is 1.43 bits per heavy atom. The van der Waals surface area contributed by atoms with E-state index in [2.05, 4.69) is 5.32 Å². The molecule has 7 nitrogen and oxygen atoms in total. The van der Waals surface area contributed by atoms with Crippen molar-refractivity contribution in [1.29, 1.82) is 0 Å². The number of amides is 1. The minimum atomic E-state index is -0.510. The molecule has 1 heterocycles. The van der Waals surface area contributed by atoms with E-state index in [9.17, 15) is 14.9 Å². The first kappa shape index (κ1) is 17.2. The van der Waals surface area contributed by atoms with Crippen molar-refractivity contribution in [2.45, 2.75) is 32.2 Å². The first-order chi connectivity index (χ1) is 11.1. The highest BCUT2D eigenvalue weighted by Gasteiger charge is 2.27. The van der Waals surface area contributed by atoms with Crippen LogP contribution in [0.25, 0.3) is 0 Å². The van der Waals surface area contributed by atoms with Gasteiger partial charge in [0, 0.05) is 30.3 Å². The molecule has 1 saturated heterocycles. The highest BCUT2D eigenvalue weighted by Crippen LogP contribution is 2.28. The van der Waals surface area contributed by atoms with Crippen LogP contribution in [0.3, 0.4) is 0 Å². The van der Waals surface area contributed by atoms with Crippen LogP contribution in [0.4, 0.5) is 5.69 Å². The highest BCUT2D eigenvalue weighted by atomic mass is 16.6. The van der Waals surface area contributed by atoms with E-state index in [4.69, 9.17) is 4.74 Å². The number of hydrogen-bond acceptors (Lipinski definition) is 5. The molecule has 1 aliphatic heterocycles. The summed E-state index contributed by atoms with van der Waals surface area (Å²) in [6.07, 6.45) is 2.73. The minimum Gasteiger partial charge on any atom is -0.490 e. The molecular formula is C16H23N3O4. The van der Waals surface area contributed by atoms with Crippen LogP contribution >= 0.6 is 0 Å². The monoisotopic (exact) mass is 321 g/mol. The lowest BCUT2D eigenvalue weighted by Crippen LogP contribution is -2.46. The van der Waals surface area contributed by atoms with Gasteiger partial charge in [-0.05, 0) is 38.4 Å². The maximum absolute atomic E-state index is 12.9. The molecule has 1 N–H and O–H groups in total. The molecule has 23 heavy (non-hydrogen) atoms. The third kappa shape index (κ3) is 3.98. The Balaban J connectivity index is 2.26. The molecule has 0 saturated carbocycles. The fourth-order valence-electron chi connectivity index (χ4n) is 2.94. The zero-order chi connectivity index (χ0) is 16.8. The number of carbonyl (C=O) groups is 1. The van der Waals surface area contributed by atoms with Gasteiger partial charge in [-0.15, -0.1) is 0 Å². The molecule has 1 fully saturated rings. The Bertz CT molecular complexity index is 570. The summed E-state index contributed by atoms with van der Waals surface area (Å²) >= 11 is 0. The van der Waals surface area contributed by atoms with E-state index < -0.39 is 4.92 Å². The largest absolute Gasteiger partial charge is 0.490 e. The first-order valence-electron chi connectivity index (χ1n) is 7.92. The second-order valence-corrected chi connectivity index (χ2v) is 5.62. The Kier molecular flexibility index (Phi) is 5.92. The maximum atomic E-state index is 12.9. The van der Waals surface area contributed by atoms with E-state index in [1.807, 2.05) is 11.8 Å². The molecule has 0 aliphatic carbocycles. The lowest BCUT2D eigenvalue weighted by molar-refractivity contribution is -0.385. The highest BCUT2D eigenvalue weighted by molar-refractivity contribution is 5.95.